The summed E-state index contributed by atoms with van der Waals surface area (Å²) in [6, 6.07) is 8.18. The molecule has 1 aromatic carbocycles. The maximum Gasteiger partial charge on any atom is 0.280 e. The van der Waals surface area contributed by atoms with Crippen LogP contribution in [0.5, 0.6) is 5.75 Å². The van der Waals surface area contributed by atoms with Gasteiger partial charge in [-0.3, -0.25) is 4.79 Å². The molecule has 2 atom stereocenters. The van der Waals surface area contributed by atoms with Crippen LogP contribution in [0.3, 0.4) is 0 Å². The predicted octanol–water partition coefficient (Wildman–Crippen LogP) is 3.17. The largest absolute Gasteiger partial charge is 0.496 e. The van der Waals surface area contributed by atoms with Gasteiger partial charge in [0.15, 0.2) is 6.54 Å². The number of carbonyl (C=O) groups is 1. The summed E-state index contributed by atoms with van der Waals surface area (Å²) < 4.78 is 6.40. The van der Waals surface area contributed by atoms with Crippen molar-refractivity contribution in [2.75, 3.05) is 26.0 Å². The number of anilines is 1. The Balaban J connectivity index is 1.66. The summed E-state index contributed by atoms with van der Waals surface area (Å²) in [7, 11) is 3.63. The van der Waals surface area contributed by atoms with E-state index in [0.717, 1.165) is 45.5 Å². The van der Waals surface area contributed by atoms with Crippen molar-refractivity contribution in [3.63, 3.8) is 0 Å². The van der Waals surface area contributed by atoms with Crippen LogP contribution in [0.25, 0.3) is 0 Å². The van der Waals surface area contributed by atoms with Crippen LogP contribution in [0.1, 0.15) is 34.9 Å². The summed E-state index contributed by atoms with van der Waals surface area (Å²) in [4.78, 5) is 14.9. The molecule has 0 fully saturated rings. The average Bonchev–Trinajstić information content (AvgIpc) is 2.97. The second-order valence-corrected chi connectivity index (χ2v) is 9.50. The van der Waals surface area contributed by atoms with Crippen LogP contribution in [0.4, 0.5) is 5.00 Å². The molecule has 0 aliphatic heterocycles. The van der Waals surface area contributed by atoms with Crippen LogP contribution < -0.4 is 15.0 Å². The summed E-state index contributed by atoms with van der Waals surface area (Å²) >= 11 is 5.05. The van der Waals surface area contributed by atoms with E-state index in [1.165, 1.54) is 4.88 Å². The van der Waals surface area contributed by atoms with Gasteiger partial charge < -0.3 is 15.0 Å². The van der Waals surface area contributed by atoms with E-state index in [1.807, 2.05) is 25.2 Å². The number of carbonyl (C=O) groups excluding carboxylic acids is 1. The van der Waals surface area contributed by atoms with Gasteiger partial charge in [0.25, 0.3) is 5.91 Å². The van der Waals surface area contributed by atoms with Gasteiger partial charge in [0.2, 0.25) is 0 Å². The first-order valence-corrected chi connectivity index (χ1v) is 11.0. The third-order valence-corrected chi connectivity index (χ3v) is 6.74. The number of thiophene rings is 1. The molecule has 1 aliphatic carbocycles. The van der Waals surface area contributed by atoms with Gasteiger partial charge >= 0.3 is 0 Å². The Kier molecular flexibility index (Phi) is 6.76. The van der Waals surface area contributed by atoms with Crippen LogP contribution >= 0.6 is 27.3 Å². The van der Waals surface area contributed by atoms with Crippen LogP contribution in [0, 0.1) is 17.2 Å². The third kappa shape index (κ3) is 4.75. The smallest absolute Gasteiger partial charge is 0.280 e. The standard InChI is InChI=1S/C21H24BrN3O2S/c1-13-4-6-16-17(10-23)21(28-19(16)8-13)24-20(26)12-25(2)11-14-9-15(22)5-7-18(14)27-3/h5,7,9,13H,4,6,8,11-12H2,1-3H3,(H,24,26)/p+1/t13-/m1/s1. The molecule has 28 heavy (non-hydrogen) atoms. The first-order chi connectivity index (χ1) is 13.4. The van der Waals surface area contributed by atoms with E-state index in [9.17, 15) is 10.1 Å². The maximum absolute atomic E-state index is 12.6. The first-order valence-electron chi connectivity index (χ1n) is 9.39. The molecule has 1 aromatic heterocycles. The van der Waals surface area contributed by atoms with Gasteiger partial charge in [0.1, 0.15) is 23.4 Å². The highest BCUT2D eigenvalue weighted by Gasteiger charge is 2.25. The molecule has 0 saturated carbocycles. The zero-order valence-corrected chi connectivity index (χ0v) is 18.8. The Morgan fingerprint density at radius 2 is 2.29 bits per heavy atom. The number of ether oxygens (including phenoxy) is 1. The molecule has 5 nitrogen and oxygen atoms in total. The number of likely N-dealkylation sites (N-methyl/N-ethyl adjacent to an activating group) is 1. The van der Waals surface area contributed by atoms with Gasteiger partial charge in [0.05, 0.1) is 19.7 Å². The number of benzene rings is 1. The van der Waals surface area contributed by atoms with Crippen LogP contribution in [-0.4, -0.2) is 26.6 Å². The Labute approximate surface area is 178 Å². The quantitative estimate of drug-likeness (QED) is 0.692. The molecule has 0 spiro atoms. The van der Waals surface area contributed by atoms with Gasteiger partial charge in [0, 0.05) is 14.9 Å². The molecular weight excluding hydrogens is 438 g/mol. The molecule has 1 heterocycles. The molecular formula is C21H25BrN3O2S+. The van der Waals surface area contributed by atoms with E-state index in [0.29, 0.717) is 29.6 Å². The predicted molar refractivity (Wildman–Crippen MR) is 115 cm³/mol. The first kappa shape index (κ1) is 20.8. The Morgan fingerprint density at radius 3 is 3.00 bits per heavy atom. The van der Waals surface area contributed by atoms with Crippen LogP contribution in [0.2, 0.25) is 0 Å². The molecule has 148 valence electrons. The second-order valence-electron chi connectivity index (χ2n) is 7.48. The molecule has 0 radical (unpaired) electrons. The molecule has 7 heteroatoms. The monoisotopic (exact) mass is 462 g/mol. The lowest BCUT2D eigenvalue weighted by Gasteiger charge is -2.17. The van der Waals surface area contributed by atoms with Crippen molar-refractivity contribution in [2.24, 2.45) is 5.92 Å². The number of nitrogens with zero attached hydrogens (tertiary/aromatic N) is 1. The third-order valence-electron chi connectivity index (χ3n) is 5.07. The number of nitrogens with one attached hydrogen (secondary N) is 2. The van der Waals surface area contributed by atoms with Crippen molar-refractivity contribution in [1.29, 1.82) is 5.26 Å². The van der Waals surface area contributed by atoms with E-state index < -0.39 is 0 Å². The molecule has 1 amide bonds. The second kappa shape index (κ2) is 9.08. The molecule has 1 unspecified atom stereocenters. The number of halogens is 1. The van der Waals surface area contributed by atoms with Crippen LogP contribution in [-0.2, 0) is 24.2 Å². The average molecular weight is 463 g/mol. The highest BCUT2D eigenvalue weighted by Crippen LogP contribution is 2.39. The van der Waals surface area contributed by atoms with Gasteiger partial charge in [-0.15, -0.1) is 11.3 Å². The minimum Gasteiger partial charge on any atom is -0.496 e. The van der Waals surface area contributed by atoms with E-state index in [-0.39, 0.29) is 5.91 Å². The van der Waals surface area contributed by atoms with Gasteiger partial charge in [-0.25, -0.2) is 0 Å². The number of quaternary nitrogens is 1. The van der Waals surface area contributed by atoms with Crippen molar-refractivity contribution in [1.82, 2.24) is 0 Å². The van der Waals surface area contributed by atoms with Crippen molar-refractivity contribution in [3.8, 4) is 11.8 Å². The number of hydrogen-bond donors (Lipinski definition) is 2. The number of fused-ring (bicyclic) bond motifs is 1. The Morgan fingerprint density at radius 1 is 1.50 bits per heavy atom. The Bertz CT molecular complexity index is 919. The van der Waals surface area contributed by atoms with E-state index in [2.05, 4.69) is 34.2 Å². The van der Waals surface area contributed by atoms with Crippen molar-refractivity contribution in [2.45, 2.75) is 32.7 Å². The summed E-state index contributed by atoms with van der Waals surface area (Å²) in [6.45, 7) is 3.22. The van der Waals surface area contributed by atoms with Crippen molar-refractivity contribution < 1.29 is 14.4 Å². The number of methoxy groups -OCH3 is 1. The van der Waals surface area contributed by atoms with Gasteiger partial charge in [-0.05, 0) is 48.9 Å². The summed E-state index contributed by atoms with van der Waals surface area (Å²) in [5.74, 6) is 1.38. The summed E-state index contributed by atoms with van der Waals surface area (Å²) in [5.41, 5.74) is 2.84. The topological polar surface area (TPSA) is 66.6 Å². The number of hydrogen-bond acceptors (Lipinski definition) is 4. The lowest BCUT2D eigenvalue weighted by molar-refractivity contribution is -0.885. The van der Waals surface area contributed by atoms with E-state index in [4.69, 9.17) is 4.74 Å². The highest BCUT2D eigenvalue weighted by molar-refractivity contribution is 9.10. The minimum atomic E-state index is -0.0744. The highest BCUT2D eigenvalue weighted by atomic mass is 79.9. The van der Waals surface area contributed by atoms with Crippen LogP contribution in [0.15, 0.2) is 22.7 Å². The van der Waals surface area contributed by atoms with E-state index >= 15 is 0 Å². The van der Waals surface area contributed by atoms with E-state index in [1.54, 1.807) is 18.4 Å². The lowest BCUT2D eigenvalue weighted by atomic mass is 9.89. The molecule has 3 rings (SSSR count). The molecule has 1 aliphatic rings. The minimum absolute atomic E-state index is 0.0744. The SMILES string of the molecule is COc1ccc(Br)cc1C[NH+](C)CC(=O)Nc1sc2c(c1C#N)CC[C@@H](C)C2. The summed E-state index contributed by atoms with van der Waals surface area (Å²) in [6.07, 6.45) is 3.03. The number of rotatable bonds is 6. The fourth-order valence-electron chi connectivity index (χ4n) is 3.67. The number of nitriles is 1. The summed E-state index contributed by atoms with van der Waals surface area (Å²) in [5, 5.41) is 13.3. The van der Waals surface area contributed by atoms with Gasteiger partial charge in [-0.2, -0.15) is 5.26 Å². The molecule has 0 saturated heterocycles. The zero-order chi connectivity index (χ0) is 20.3. The van der Waals surface area contributed by atoms with Crippen molar-refractivity contribution in [3.05, 3.63) is 44.2 Å². The fourth-order valence-corrected chi connectivity index (χ4v) is 5.46. The number of amides is 1. The molecule has 2 N–H and O–H groups in total. The Hall–Kier alpha value is -1.88. The molecule has 2 aromatic rings. The van der Waals surface area contributed by atoms with Crippen molar-refractivity contribution >= 4 is 38.2 Å². The lowest BCUT2D eigenvalue weighted by Crippen LogP contribution is -3.08. The maximum atomic E-state index is 12.6. The zero-order valence-electron chi connectivity index (χ0n) is 16.4. The normalized spacial score (nSPS) is 16.8. The fraction of sp³-hybridized carbons (Fsp3) is 0.429. The van der Waals surface area contributed by atoms with Gasteiger partial charge in [-0.1, -0.05) is 22.9 Å². The molecule has 0 bridgehead atoms.